The third-order valence-corrected chi connectivity index (χ3v) is 4.29. The van der Waals surface area contributed by atoms with E-state index in [9.17, 15) is 4.79 Å². The topological polar surface area (TPSA) is 55.6 Å². The number of nitrogens with one attached hydrogen (secondary N) is 1. The lowest BCUT2D eigenvalue weighted by Crippen LogP contribution is -2.55. The van der Waals surface area contributed by atoms with Crippen LogP contribution in [-0.2, 0) is 4.74 Å². The standard InChI is InChI=1S/C15H17N3O2/c19-15(10-1-2-14-16-3-4-18(14)7-10)11-5-12-8-20-9-13(6-11)17-12/h1-4,7,11-13,17H,5-6,8-9H2. The van der Waals surface area contributed by atoms with Crippen molar-refractivity contribution >= 4 is 11.4 Å². The van der Waals surface area contributed by atoms with Gasteiger partial charge in [0.1, 0.15) is 5.65 Å². The van der Waals surface area contributed by atoms with E-state index in [2.05, 4.69) is 10.3 Å². The Kier molecular flexibility index (Phi) is 2.82. The molecular formula is C15H17N3O2. The first-order valence-electron chi connectivity index (χ1n) is 7.10. The number of pyridine rings is 1. The number of carbonyl (C=O) groups excluding carboxylic acids is 1. The van der Waals surface area contributed by atoms with Crippen LogP contribution in [-0.4, -0.2) is 40.5 Å². The Morgan fingerprint density at radius 2 is 2.10 bits per heavy atom. The van der Waals surface area contributed by atoms with Crippen LogP contribution in [0.1, 0.15) is 23.2 Å². The number of morpholine rings is 1. The van der Waals surface area contributed by atoms with Crippen molar-refractivity contribution in [2.24, 2.45) is 5.92 Å². The van der Waals surface area contributed by atoms with Crippen molar-refractivity contribution in [2.45, 2.75) is 24.9 Å². The Morgan fingerprint density at radius 3 is 2.90 bits per heavy atom. The fraction of sp³-hybridized carbons (Fsp3) is 0.467. The predicted octanol–water partition coefficient (Wildman–Crippen LogP) is 1.28. The molecule has 2 fully saturated rings. The number of nitrogens with zero attached hydrogens (tertiary/aromatic N) is 2. The van der Waals surface area contributed by atoms with Gasteiger partial charge in [-0.25, -0.2) is 4.98 Å². The number of hydrogen-bond donors (Lipinski definition) is 1. The third kappa shape index (κ3) is 2.03. The van der Waals surface area contributed by atoms with E-state index in [0.717, 1.165) is 37.3 Å². The van der Waals surface area contributed by atoms with E-state index in [1.54, 1.807) is 6.20 Å². The van der Waals surface area contributed by atoms with Crippen molar-refractivity contribution in [1.29, 1.82) is 0 Å². The van der Waals surface area contributed by atoms with Gasteiger partial charge in [0.2, 0.25) is 0 Å². The van der Waals surface area contributed by atoms with Gasteiger partial charge in [0.05, 0.1) is 13.2 Å². The molecule has 0 aliphatic carbocycles. The lowest BCUT2D eigenvalue weighted by atomic mass is 9.82. The molecule has 0 radical (unpaired) electrons. The number of ether oxygens (including phenoxy) is 1. The van der Waals surface area contributed by atoms with Gasteiger partial charge in [-0.15, -0.1) is 0 Å². The quantitative estimate of drug-likeness (QED) is 0.836. The molecule has 104 valence electrons. The molecule has 2 atom stereocenters. The molecule has 0 aromatic carbocycles. The Morgan fingerprint density at radius 1 is 1.30 bits per heavy atom. The van der Waals surface area contributed by atoms with Gasteiger partial charge in [-0.2, -0.15) is 0 Å². The largest absolute Gasteiger partial charge is 0.378 e. The molecule has 20 heavy (non-hydrogen) atoms. The Hall–Kier alpha value is -1.72. The van der Waals surface area contributed by atoms with E-state index < -0.39 is 0 Å². The first kappa shape index (κ1) is 12.1. The normalized spacial score (nSPS) is 29.5. The Labute approximate surface area is 117 Å². The van der Waals surface area contributed by atoms with Crippen LogP contribution < -0.4 is 5.32 Å². The molecule has 1 N–H and O–H groups in total. The van der Waals surface area contributed by atoms with Crippen molar-refractivity contribution in [2.75, 3.05) is 13.2 Å². The number of hydrogen-bond acceptors (Lipinski definition) is 4. The smallest absolute Gasteiger partial charge is 0.167 e. The fourth-order valence-corrected chi connectivity index (χ4v) is 3.35. The van der Waals surface area contributed by atoms with Crippen LogP contribution in [0.4, 0.5) is 0 Å². The van der Waals surface area contributed by atoms with Crippen LogP contribution >= 0.6 is 0 Å². The second-order valence-corrected chi connectivity index (χ2v) is 5.74. The van der Waals surface area contributed by atoms with Crippen molar-refractivity contribution in [3.8, 4) is 0 Å². The molecule has 4 rings (SSSR count). The second kappa shape index (κ2) is 4.68. The van der Waals surface area contributed by atoms with E-state index in [-0.39, 0.29) is 11.7 Å². The molecule has 2 aliphatic rings. The summed E-state index contributed by atoms with van der Waals surface area (Å²) in [6.45, 7) is 1.45. The summed E-state index contributed by atoms with van der Waals surface area (Å²) >= 11 is 0. The molecule has 5 nitrogen and oxygen atoms in total. The van der Waals surface area contributed by atoms with Gasteiger partial charge < -0.3 is 14.5 Å². The second-order valence-electron chi connectivity index (χ2n) is 5.74. The number of carbonyl (C=O) groups is 1. The van der Waals surface area contributed by atoms with E-state index in [1.807, 2.05) is 28.9 Å². The highest BCUT2D eigenvalue weighted by molar-refractivity contribution is 5.98. The zero-order valence-electron chi connectivity index (χ0n) is 11.2. The van der Waals surface area contributed by atoms with Crippen LogP contribution in [0.2, 0.25) is 0 Å². The Balaban J connectivity index is 1.59. The van der Waals surface area contributed by atoms with Gasteiger partial charge in [0.25, 0.3) is 0 Å². The van der Waals surface area contributed by atoms with Crippen LogP contribution in [0.3, 0.4) is 0 Å². The number of aromatic nitrogens is 2. The van der Waals surface area contributed by atoms with Crippen LogP contribution in [0.5, 0.6) is 0 Å². The average molecular weight is 271 g/mol. The van der Waals surface area contributed by atoms with E-state index in [1.165, 1.54) is 0 Å². The van der Waals surface area contributed by atoms with E-state index >= 15 is 0 Å². The minimum Gasteiger partial charge on any atom is -0.378 e. The summed E-state index contributed by atoms with van der Waals surface area (Å²) in [6, 6.07) is 4.44. The van der Waals surface area contributed by atoms with Gasteiger partial charge in [-0.3, -0.25) is 4.79 Å². The maximum Gasteiger partial charge on any atom is 0.167 e. The van der Waals surface area contributed by atoms with Gasteiger partial charge in [0.15, 0.2) is 5.78 Å². The maximum absolute atomic E-state index is 12.7. The monoisotopic (exact) mass is 271 g/mol. The summed E-state index contributed by atoms with van der Waals surface area (Å²) in [4.78, 5) is 16.9. The van der Waals surface area contributed by atoms with Gasteiger partial charge in [-0.05, 0) is 25.0 Å². The number of Topliss-reactive ketones (excluding diaryl/α,β-unsaturated/α-hetero) is 1. The molecule has 2 saturated heterocycles. The van der Waals surface area contributed by atoms with Crippen LogP contribution in [0.15, 0.2) is 30.7 Å². The summed E-state index contributed by atoms with van der Waals surface area (Å²) < 4.78 is 7.43. The minimum absolute atomic E-state index is 0.108. The SMILES string of the molecule is O=C(c1ccc2nccn2c1)C1CC2COCC(C1)N2. The van der Waals surface area contributed by atoms with Crippen molar-refractivity contribution in [1.82, 2.24) is 14.7 Å². The lowest BCUT2D eigenvalue weighted by Gasteiger charge is -2.39. The van der Waals surface area contributed by atoms with Gasteiger partial charge >= 0.3 is 0 Å². The molecule has 2 bridgehead atoms. The van der Waals surface area contributed by atoms with Crippen molar-refractivity contribution < 1.29 is 9.53 Å². The molecule has 0 amide bonds. The number of rotatable bonds is 2. The highest BCUT2D eigenvalue weighted by Crippen LogP contribution is 2.27. The van der Waals surface area contributed by atoms with Crippen molar-refractivity contribution in [3.05, 3.63) is 36.3 Å². The summed E-state index contributed by atoms with van der Waals surface area (Å²) in [5.74, 6) is 0.357. The number of imidazole rings is 1. The summed E-state index contributed by atoms with van der Waals surface area (Å²) in [5.41, 5.74) is 1.65. The highest BCUT2D eigenvalue weighted by atomic mass is 16.5. The first-order chi connectivity index (χ1) is 9.79. The average Bonchev–Trinajstić information content (AvgIpc) is 2.93. The maximum atomic E-state index is 12.7. The summed E-state index contributed by atoms with van der Waals surface area (Å²) in [6.07, 6.45) is 7.25. The van der Waals surface area contributed by atoms with Crippen LogP contribution in [0, 0.1) is 5.92 Å². The molecular weight excluding hydrogens is 254 g/mol. The zero-order valence-corrected chi connectivity index (χ0v) is 11.2. The number of ketones is 1. The molecule has 2 aromatic heterocycles. The summed E-state index contributed by atoms with van der Waals surface area (Å²) in [7, 11) is 0. The number of fused-ring (bicyclic) bond motifs is 3. The fourth-order valence-electron chi connectivity index (χ4n) is 3.35. The van der Waals surface area contributed by atoms with E-state index in [0.29, 0.717) is 12.1 Å². The van der Waals surface area contributed by atoms with E-state index in [4.69, 9.17) is 4.74 Å². The lowest BCUT2D eigenvalue weighted by molar-refractivity contribution is 0.00952. The predicted molar refractivity (Wildman–Crippen MR) is 73.8 cm³/mol. The first-order valence-corrected chi connectivity index (χ1v) is 7.10. The Bertz CT molecular complexity index is 639. The zero-order chi connectivity index (χ0) is 13.5. The molecule has 0 saturated carbocycles. The van der Waals surface area contributed by atoms with Gasteiger partial charge in [0, 0.05) is 42.2 Å². The molecule has 4 heterocycles. The minimum atomic E-state index is 0.108. The summed E-state index contributed by atoms with van der Waals surface area (Å²) in [5, 5.41) is 3.52. The van der Waals surface area contributed by atoms with Crippen LogP contribution in [0.25, 0.3) is 5.65 Å². The van der Waals surface area contributed by atoms with Crippen molar-refractivity contribution in [3.63, 3.8) is 0 Å². The molecule has 5 heteroatoms. The molecule has 0 spiro atoms. The molecule has 2 unspecified atom stereocenters. The number of piperidine rings is 1. The molecule has 2 aromatic rings. The highest BCUT2D eigenvalue weighted by Gasteiger charge is 2.35. The van der Waals surface area contributed by atoms with Gasteiger partial charge in [-0.1, -0.05) is 0 Å². The third-order valence-electron chi connectivity index (χ3n) is 4.29. The molecule has 2 aliphatic heterocycles.